The largest absolute Gasteiger partial charge is 0.377 e. The number of carbonyl (C=O) groups is 1. The number of hydrogen-bond donors (Lipinski definition) is 2. The summed E-state index contributed by atoms with van der Waals surface area (Å²) in [4.78, 5) is 22.5. The minimum Gasteiger partial charge on any atom is -0.377 e. The molecule has 0 aliphatic carbocycles. The molecule has 33 heavy (non-hydrogen) atoms. The maximum Gasteiger partial charge on any atom is 0.293 e. The molecule has 2 N–H and O–H groups in total. The lowest BCUT2D eigenvalue weighted by molar-refractivity contribution is -0.384. The molecule has 3 rings (SSSR count). The van der Waals surface area contributed by atoms with Crippen LogP contribution in [0.3, 0.4) is 0 Å². The number of nitro groups is 1. The van der Waals surface area contributed by atoms with Crippen molar-refractivity contribution < 1.29 is 31.3 Å². The van der Waals surface area contributed by atoms with Crippen molar-refractivity contribution in [2.24, 2.45) is 0 Å². The molecule has 14 heteroatoms. The fourth-order valence-corrected chi connectivity index (χ4v) is 4.99. The first-order valence-corrected chi connectivity index (χ1v) is 13.0. The number of nitro benzene ring substituents is 1. The quantitative estimate of drug-likeness (QED) is 0.395. The van der Waals surface area contributed by atoms with Crippen LogP contribution in [0.1, 0.15) is 10.4 Å². The van der Waals surface area contributed by atoms with Gasteiger partial charge in [-0.15, -0.1) is 0 Å². The van der Waals surface area contributed by atoms with Gasteiger partial charge < -0.3 is 10.1 Å². The van der Waals surface area contributed by atoms with E-state index in [4.69, 9.17) is 4.74 Å². The van der Waals surface area contributed by atoms with Crippen molar-refractivity contribution in [2.45, 2.75) is 11.0 Å². The van der Waals surface area contributed by atoms with Gasteiger partial charge in [0.25, 0.3) is 21.6 Å². The van der Waals surface area contributed by atoms with Gasteiger partial charge in [0.05, 0.1) is 28.8 Å². The molecule has 0 bridgehead atoms. The highest BCUT2D eigenvalue weighted by atomic mass is 32.2. The molecule has 1 saturated heterocycles. The maximum absolute atomic E-state index is 12.6. The molecule has 1 fully saturated rings. The molecule has 0 aromatic heterocycles. The van der Waals surface area contributed by atoms with Crippen LogP contribution in [-0.2, 0) is 24.8 Å². The van der Waals surface area contributed by atoms with E-state index >= 15 is 0 Å². The van der Waals surface area contributed by atoms with Gasteiger partial charge >= 0.3 is 0 Å². The van der Waals surface area contributed by atoms with Gasteiger partial charge in [0, 0.05) is 31.3 Å². The van der Waals surface area contributed by atoms with Crippen LogP contribution in [0.5, 0.6) is 0 Å². The lowest BCUT2D eigenvalue weighted by Crippen LogP contribution is -2.47. The molecule has 1 aliphatic rings. The second-order valence-electron chi connectivity index (χ2n) is 7.23. The molecular weight excluding hydrogens is 476 g/mol. The molecule has 1 aliphatic heterocycles. The molecule has 0 radical (unpaired) electrons. The van der Waals surface area contributed by atoms with E-state index in [9.17, 15) is 31.7 Å². The van der Waals surface area contributed by atoms with Crippen LogP contribution >= 0.6 is 0 Å². The highest BCUT2D eigenvalue weighted by molar-refractivity contribution is 7.90. The van der Waals surface area contributed by atoms with Crippen molar-refractivity contribution in [3.8, 4) is 0 Å². The first-order chi connectivity index (χ1) is 15.5. The van der Waals surface area contributed by atoms with Gasteiger partial charge in [-0.2, -0.15) is 4.31 Å². The van der Waals surface area contributed by atoms with E-state index in [2.05, 4.69) is 5.32 Å². The summed E-state index contributed by atoms with van der Waals surface area (Å²) < 4.78 is 57.2. The number of nitrogens with zero attached hydrogens (tertiary/aromatic N) is 2. The third kappa shape index (κ3) is 6.25. The van der Waals surface area contributed by atoms with Gasteiger partial charge in [-0.3, -0.25) is 14.9 Å². The first-order valence-electron chi connectivity index (χ1n) is 9.68. The van der Waals surface area contributed by atoms with Crippen molar-refractivity contribution in [1.29, 1.82) is 0 Å². The number of anilines is 1. The van der Waals surface area contributed by atoms with Crippen LogP contribution in [0, 0.1) is 10.1 Å². The molecular formula is C19H22N4O8S2. The van der Waals surface area contributed by atoms with Crippen molar-refractivity contribution in [3.05, 3.63) is 64.2 Å². The summed E-state index contributed by atoms with van der Waals surface area (Å²) >= 11 is 0. The third-order valence-corrected chi connectivity index (χ3v) is 7.43. The summed E-state index contributed by atoms with van der Waals surface area (Å²) in [7, 11) is -7.77. The molecule has 1 heterocycles. The van der Waals surface area contributed by atoms with Gasteiger partial charge in [-0.25, -0.2) is 21.6 Å². The Balaban J connectivity index is 1.75. The lowest BCUT2D eigenvalue weighted by atomic mass is 10.2. The predicted molar refractivity (Wildman–Crippen MR) is 119 cm³/mol. The monoisotopic (exact) mass is 498 g/mol. The molecule has 2 aromatic carbocycles. The summed E-state index contributed by atoms with van der Waals surface area (Å²) in [6.07, 6.45) is 0.533. The Labute approximate surface area is 190 Å². The van der Waals surface area contributed by atoms with Gasteiger partial charge in [0.2, 0.25) is 10.0 Å². The number of morpholine rings is 1. The summed E-state index contributed by atoms with van der Waals surface area (Å²) in [6.45, 7) is 0.540. The van der Waals surface area contributed by atoms with Crippen LogP contribution in [0.25, 0.3) is 0 Å². The average Bonchev–Trinajstić information content (AvgIpc) is 2.77. The molecule has 1 unspecified atom stereocenters. The van der Waals surface area contributed by atoms with Crippen LogP contribution in [0.15, 0.2) is 53.4 Å². The number of hydrogen-bond acceptors (Lipinski definition) is 9. The van der Waals surface area contributed by atoms with E-state index in [-0.39, 0.29) is 37.5 Å². The zero-order valence-electron chi connectivity index (χ0n) is 17.5. The zero-order valence-corrected chi connectivity index (χ0v) is 19.1. The Hall–Kier alpha value is -3.07. The molecule has 12 nitrogen and oxygen atoms in total. The van der Waals surface area contributed by atoms with Crippen LogP contribution in [0.2, 0.25) is 0 Å². The van der Waals surface area contributed by atoms with E-state index in [1.165, 1.54) is 22.5 Å². The molecule has 1 atom stereocenters. The summed E-state index contributed by atoms with van der Waals surface area (Å²) in [6, 6.07) is 10.8. The van der Waals surface area contributed by atoms with Crippen molar-refractivity contribution in [3.63, 3.8) is 0 Å². The van der Waals surface area contributed by atoms with E-state index in [1.54, 1.807) is 18.2 Å². The summed E-state index contributed by atoms with van der Waals surface area (Å²) in [5, 5.41) is 14.4. The predicted octanol–water partition coefficient (Wildman–Crippen LogP) is 0.786. The average molecular weight is 499 g/mol. The third-order valence-electron chi connectivity index (χ3n) is 4.83. The molecule has 0 saturated carbocycles. The van der Waals surface area contributed by atoms with Gasteiger partial charge in [-0.1, -0.05) is 18.2 Å². The SMILES string of the molecule is CS(=O)(=O)N1CCOC(CNc2ccc(S(=O)(=O)NC(=O)c3ccccc3)cc2[N+](=O)[O-])C1. The van der Waals surface area contributed by atoms with E-state index in [0.29, 0.717) is 0 Å². The number of carbonyl (C=O) groups excluding carboxylic acids is 1. The Kier molecular flexibility index (Phi) is 7.31. The van der Waals surface area contributed by atoms with Crippen LogP contribution in [0.4, 0.5) is 11.4 Å². The van der Waals surface area contributed by atoms with Crippen LogP contribution < -0.4 is 10.0 Å². The Morgan fingerprint density at radius 3 is 2.52 bits per heavy atom. The minimum absolute atomic E-state index is 0.0217. The fraction of sp³-hybridized carbons (Fsp3) is 0.316. The number of benzene rings is 2. The van der Waals surface area contributed by atoms with Gasteiger partial charge in [0.1, 0.15) is 5.69 Å². The van der Waals surface area contributed by atoms with Gasteiger partial charge in [-0.05, 0) is 24.3 Å². The lowest BCUT2D eigenvalue weighted by Gasteiger charge is -2.31. The molecule has 178 valence electrons. The van der Waals surface area contributed by atoms with Gasteiger partial charge in [0.15, 0.2) is 0 Å². The zero-order chi connectivity index (χ0) is 24.2. The number of sulfonamides is 2. The fourth-order valence-electron chi connectivity index (χ4n) is 3.15. The number of nitrogens with one attached hydrogen (secondary N) is 2. The second-order valence-corrected chi connectivity index (χ2v) is 10.9. The standard InChI is InChI=1S/C19H22N4O8S2/c1-32(27,28)22-9-10-31-15(13-22)12-20-17-8-7-16(11-18(17)23(25)26)33(29,30)21-19(24)14-5-3-2-4-6-14/h2-8,11,15,20H,9-10,12-13H2,1H3,(H,21,24). The molecule has 2 aromatic rings. The molecule has 1 amide bonds. The van der Waals surface area contributed by atoms with E-state index in [1.807, 2.05) is 4.72 Å². The Morgan fingerprint density at radius 1 is 1.18 bits per heavy atom. The maximum atomic E-state index is 12.6. The van der Waals surface area contributed by atoms with E-state index < -0.39 is 47.6 Å². The molecule has 0 spiro atoms. The summed E-state index contributed by atoms with van der Waals surface area (Å²) in [5.41, 5.74) is -0.390. The second kappa shape index (κ2) is 9.82. The number of ether oxygens (including phenoxy) is 1. The van der Waals surface area contributed by atoms with Crippen molar-refractivity contribution in [2.75, 3.05) is 37.8 Å². The minimum atomic E-state index is -4.37. The van der Waals surface area contributed by atoms with E-state index in [0.717, 1.165) is 18.4 Å². The highest BCUT2D eigenvalue weighted by Gasteiger charge is 2.28. The number of rotatable bonds is 8. The Morgan fingerprint density at radius 2 is 1.88 bits per heavy atom. The Bertz CT molecular complexity index is 1250. The van der Waals surface area contributed by atoms with Crippen molar-refractivity contribution >= 4 is 37.3 Å². The first kappa shape index (κ1) is 24.6. The topological polar surface area (TPSA) is 165 Å². The summed E-state index contributed by atoms with van der Waals surface area (Å²) in [5.74, 6) is -0.870. The highest BCUT2D eigenvalue weighted by Crippen LogP contribution is 2.28. The smallest absolute Gasteiger partial charge is 0.293 e. The van der Waals surface area contributed by atoms with Crippen LogP contribution in [-0.4, -0.2) is 70.6 Å². The number of amides is 1. The normalized spacial score (nSPS) is 17.3. The van der Waals surface area contributed by atoms with Crippen molar-refractivity contribution in [1.82, 2.24) is 9.03 Å².